The molecule has 0 unspecified atom stereocenters. The summed E-state index contributed by atoms with van der Waals surface area (Å²) in [6.45, 7) is 9.26. The average molecular weight is 640 g/mol. The number of pyridine rings is 1. The molecule has 0 amide bonds. The molecule has 0 radical (unpaired) electrons. The summed E-state index contributed by atoms with van der Waals surface area (Å²) in [7, 11) is 0. The molecule has 0 bridgehead atoms. The van der Waals surface area contributed by atoms with Crippen LogP contribution >= 0.6 is 0 Å². The lowest BCUT2D eigenvalue weighted by Crippen LogP contribution is -2.20. The first-order valence-electron chi connectivity index (χ1n) is 17.5. The van der Waals surface area contributed by atoms with E-state index >= 15 is 0 Å². The van der Waals surface area contributed by atoms with Gasteiger partial charge in [-0.1, -0.05) is 166 Å². The van der Waals surface area contributed by atoms with E-state index in [4.69, 9.17) is 4.98 Å². The fourth-order valence-corrected chi connectivity index (χ4v) is 8.06. The summed E-state index contributed by atoms with van der Waals surface area (Å²) in [4.78, 5) is 5.08. The van der Waals surface area contributed by atoms with Gasteiger partial charge < -0.3 is 0 Å². The van der Waals surface area contributed by atoms with Crippen LogP contribution in [-0.2, 0) is 11.8 Å². The molecule has 1 nitrogen and oxygen atoms in total. The molecule has 7 aromatic carbocycles. The maximum Gasteiger partial charge on any atom is 0.0708 e. The van der Waals surface area contributed by atoms with Gasteiger partial charge in [0.05, 0.1) is 5.52 Å². The molecule has 9 rings (SSSR count). The predicted molar refractivity (Wildman–Crippen MR) is 215 cm³/mol. The van der Waals surface area contributed by atoms with Crippen LogP contribution in [-0.4, -0.2) is 4.98 Å². The van der Waals surface area contributed by atoms with Crippen molar-refractivity contribution < 1.29 is 0 Å². The number of rotatable bonds is 3. The number of fused-ring (bicyclic) bond motifs is 6. The van der Waals surface area contributed by atoms with Gasteiger partial charge in [-0.2, -0.15) is 0 Å². The Morgan fingerprint density at radius 1 is 0.600 bits per heavy atom. The number of allylic oxidation sites excluding steroid dienone is 5. The minimum Gasteiger partial charge on any atom is -0.256 e. The lowest BCUT2D eigenvalue weighted by molar-refractivity contribution is 0.635. The number of nitrogens with zero attached hydrogens (tertiary/aromatic N) is 1. The average Bonchev–Trinajstić information content (AvgIpc) is 3.20. The van der Waals surface area contributed by atoms with Crippen LogP contribution in [0.3, 0.4) is 0 Å². The maximum atomic E-state index is 5.08. The quantitative estimate of drug-likeness (QED) is 0.138. The number of benzene rings is 7. The number of hydrogen-bond donors (Lipinski definition) is 0. The summed E-state index contributed by atoms with van der Waals surface area (Å²) < 4.78 is 0. The third kappa shape index (κ3) is 4.81. The van der Waals surface area contributed by atoms with E-state index in [-0.39, 0.29) is 5.41 Å². The fourth-order valence-electron chi connectivity index (χ4n) is 8.06. The molecular formula is C49H37N. The van der Waals surface area contributed by atoms with Crippen molar-refractivity contribution in [2.24, 2.45) is 0 Å². The second-order valence-electron chi connectivity index (χ2n) is 14.0. The van der Waals surface area contributed by atoms with E-state index in [2.05, 4.69) is 184 Å². The van der Waals surface area contributed by atoms with Gasteiger partial charge in [-0.15, -0.1) is 0 Å². The van der Waals surface area contributed by atoms with E-state index < -0.39 is 0 Å². The smallest absolute Gasteiger partial charge is 0.0708 e. The van der Waals surface area contributed by atoms with E-state index in [9.17, 15) is 0 Å². The number of hydrogen-bond acceptors (Lipinski definition) is 1. The van der Waals surface area contributed by atoms with Crippen LogP contribution in [0, 0.1) is 0 Å². The van der Waals surface area contributed by atoms with Gasteiger partial charge in [0.1, 0.15) is 0 Å². The van der Waals surface area contributed by atoms with Crippen molar-refractivity contribution in [1.29, 1.82) is 0 Å². The molecule has 0 spiro atoms. The van der Waals surface area contributed by atoms with Crippen molar-refractivity contribution in [3.05, 3.63) is 193 Å². The van der Waals surface area contributed by atoms with Crippen molar-refractivity contribution in [1.82, 2.24) is 4.98 Å². The zero-order valence-electron chi connectivity index (χ0n) is 28.4. The SMILES string of the molecule is C=C1/C=C(c2ccccc2-c2c3ccccc3c(-c3ccc4ccccc4c3)c3c2cnc2ccccc23)\C=C/Cc2ccccc2C1(C)C. The summed E-state index contributed by atoms with van der Waals surface area (Å²) in [5.41, 5.74) is 11.7. The Labute approximate surface area is 293 Å². The lowest BCUT2D eigenvalue weighted by atomic mass is 9.75. The molecule has 1 aliphatic carbocycles. The first-order chi connectivity index (χ1) is 24.5. The molecule has 0 saturated carbocycles. The molecule has 0 atom stereocenters. The molecule has 0 aliphatic heterocycles. The number of para-hydroxylation sites is 1. The summed E-state index contributed by atoms with van der Waals surface area (Å²) in [5.74, 6) is 0. The van der Waals surface area contributed by atoms with E-state index in [0.29, 0.717) is 0 Å². The highest BCUT2D eigenvalue weighted by Crippen LogP contribution is 2.48. The topological polar surface area (TPSA) is 12.9 Å². The Morgan fingerprint density at radius 2 is 1.26 bits per heavy atom. The van der Waals surface area contributed by atoms with Gasteiger partial charge >= 0.3 is 0 Å². The number of aromatic nitrogens is 1. The molecule has 238 valence electrons. The van der Waals surface area contributed by atoms with Crippen LogP contribution in [0.25, 0.3) is 71.0 Å². The van der Waals surface area contributed by atoms with E-state index in [1.165, 1.54) is 65.9 Å². The first kappa shape index (κ1) is 30.0. The highest BCUT2D eigenvalue weighted by Gasteiger charge is 2.27. The zero-order chi connectivity index (χ0) is 33.8. The third-order valence-corrected chi connectivity index (χ3v) is 10.8. The summed E-state index contributed by atoms with van der Waals surface area (Å²) in [5, 5.41) is 8.47. The van der Waals surface area contributed by atoms with Crippen LogP contribution < -0.4 is 0 Å². The van der Waals surface area contributed by atoms with Gasteiger partial charge in [0.2, 0.25) is 0 Å². The van der Waals surface area contributed by atoms with Crippen LogP contribution in [0.1, 0.15) is 30.5 Å². The van der Waals surface area contributed by atoms with Crippen molar-refractivity contribution in [2.45, 2.75) is 25.7 Å². The molecule has 1 aromatic heterocycles. The van der Waals surface area contributed by atoms with Gasteiger partial charge in [-0.3, -0.25) is 4.98 Å². The van der Waals surface area contributed by atoms with Gasteiger partial charge in [-0.05, 0) is 90.2 Å². The summed E-state index contributed by atoms with van der Waals surface area (Å²) in [6.07, 6.45) is 9.88. The van der Waals surface area contributed by atoms with Crippen LogP contribution in [0.2, 0.25) is 0 Å². The highest BCUT2D eigenvalue weighted by molar-refractivity contribution is 6.28. The van der Waals surface area contributed by atoms with E-state index in [1.54, 1.807) is 0 Å². The Morgan fingerprint density at radius 3 is 2.10 bits per heavy atom. The van der Waals surface area contributed by atoms with Gasteiger partial charge in [0.25, 0.3) is 0 Å². The van der Waals surface area contributed by atoms with Crippen molar-refractivity contribution >= 4 is 48.8 Å². The molecule has 50 heavy (non-hydrogen) atoms. The second kappa shape index (κ2) is 11.8. The second-order valence-corrected chi connectivity index (χ2v) is 14.0. The third-order valence-electron chi connectivity index (χ3n) is 10.8. The van der Waals surface area contributed by atoms with Crippen molar-refractivity contribution in [3.8, 4) is 22.3 Å². The Kier molecular flexibility index (Phi) is 7.10. The zero-order valence-corrected chi connectivity index (χ0v) is 28.4. The minimum absolute atomic E-state index is 0.216. The largest absolute Gasteiger partial charge is 0.256 e. The van der Waals surface area contributed by atoms with Gasteiger partial charge in [0.15, 0.2) is 0 Å². The Bertz CT molecular complexity index is 2720. The first-order valence-corrected chi connectivity index (χ1v) is 17.5. The molecule has 8 aromatic rings. The maximum absolute atomic E-state index is 5.08. The molecule has 0 saturated heterocycles. The van der Waals surface area contributed by atoms with E-state index in [1.807, 2.05) is 0 Å². The Balaban J connectivity index is 1.36. The van der Waals surface area contributed by atoms with Crippen LogP contribution in [0.15, 0.2) is 176 Å². The van der Waals surface area contributed by atoms with Crippen LogP contribution in [0.4, 0.5) is 0 Å². The Hall–Kier alpha value is -6.05. The van der Waals surface area contributed by atoms with Crippen molar-refractivity contribution in [3.63, 3.8) is 0 Å². The minimum atomic E-state index is -0.216. The molecule has 0 N–H and O–H groups in total. The molecular weight excluding hydrogens is 603 g/mol. The highest BCUT2D eigenvalue weighted by atomic mass is 14.7. The normalized spacial score (nSPS) is 16.0. The lowest BCUT2D eigenvalue weighted by Gasteiger charge is -2.29. The predicted octanol–water partition coefficient (Wildman–Crippen LogP) is 13.1. The standard InChI is InChI=1S/C49H37N/c1-32-29-36(19-14-18-34-16-6-12-25-44(34)49(32,2)3)38-20-7-8-21-39(38)47-41-23-10-9-22-40(41)46(37-28-27-33-15-4-5-17-35(33)30-37)48-42-24-11-13-26-45(42)50-31-43(47)48/h4-17,19-31H,1,18H2,2-3H3/b19-14-,36-29+. The molecule has 1 heterocycles. The molecule has 1 heteroatoms. The molecule has 0 fully saturated rings. The summed E-state index contributed by atoms with van der Waals surface area (Å²) in [6, 6.07) is 50.6. The van der Waals surface area contributed by atoms with Gasteiger partial charge in [0, 0.05) is 27.8 Å². The van der Waals surface area contributed by atoms with Crippen molar-refractivity contribution in [2.75, 3.05) is 0 Å². The van der Waals surface area contributed by atoms with Gasteiger partial charge in [-0.25, -0.2) is 0 Å². The molecule has 1 aliphatic rings. The van der Waals surface area contributed by atoms with E-state index in [0.717, 1.165) is 33.9 Å². The monoisotopic (exact) mass is 639 g/mol. The fraction of sp³-hybridized carbons (Fsp3) is 0.0816. The van der Waals surface area contributed by atoms with Crippen LogP contribution in [0.5, 0.6) is 0 Å². The summed E-state index contributed by atoms with van der Waals surface area (Å²) >= 11 is 0.